The third-order valence-electron chi connectivity index (χ3n) is 3.14. The lowest BCUT2D eigenvalue weighted by atomic mass is 10.2. The van der Waals surface area contributed by atoms with Crippen molar-refractivity contribution in [1.29, 1.82) is 0 Å². The van der Waals surface area contributed by atoms with Gasteiger partial charge in [-0.15, -0.1) is 0 Å². The molecule has 20 heavy (non-hydrogen) atoms. The molecule has 0 spiro atoms. The molecule has 0 saturated carbocycles. The maximum Gasteiger partial charge on any atom is 0.330 e. The van der Waals surface area contributed by atoms with Gasteiger partial charge >= 0.3 is 5.69 Å². The number of hydrogen-bond donors (Lipinski definition) is 2. The van der Waals surface area contributed by atoms with E-state index in [9.17, 15) is 9.59 Å². The van der Waals surface area contributed by atoms with E-state index in [2.05, 4.69) is 15.0 Å². The van der Waals surface area contributed by atoms with Gasteiger partial charge in [-0.25, -0.2) is 9.78 Å². The summed E-state index contributed by atoms with van der Waals surface area (Å²) >= 11 is 0. The maximum atomic E-state index is 12.3. The average molecular weight is 270 g/mol. The van der Waals surface area contributed by atoms with Crippen LogP contribution < -0.4 is 11.2 Å². The lowest BCUT2D eigenvalue weighted by Crippen LogP contribution is -2.36. The molecule has 0 saturated heterocycles. The predicted octanol–water partition coefficient (Wildman–Crippen LogP) is 1.66. The molecule has 0 aliphatic heterocycles. The Morgan fingerprint density at radius 3 is 2.45 bits per heavy atom. The van der Waals surface area contributed by atoms with Gasteiger partial charge in [0.15, 0.2) is 5.65 Å². The Kier molecular flexibility index (Phi) is 2.78. The summed E-state index contributed by atoms with van der Waals surface area (Å²) in [6.07, 6.45) is 0. The molecule has 6 heteroatoms. The van der Waals surface area contributed by atoms with Crippen molar-refractivity contribution in [2.75, 3.05) is 0 Å². The van der Waals surface area contributed by atoms with Crippen molar-refractivity contribution in [2.24, 2.45) is 0 Å². The van der Waals surface area contributed by atoms with Crippen LogP contribution in [0.25, 0.3) is 22.6 Å². The Labute approximate surface area is 114 Å². The molecule has 6 nitrogen and oxygen atoms in total. The molecule has 2 aromatic heterocycles. The van der Waals surface area contributed by atoms with Crippen LogP contribution in [0.1, 0.15) is 19.9 Å². The van der Waals surface area contributed by atoms with E-state index in [1.807, 2.05) is 30.3 Å². The number of imidazole rings is 1. The van der Waals surface area contributed by atoms with Crippen LogP contribution >= 0.6 is 0 Å². The summed E-state index contributed by atoms with van der Waals surface area (Å²) in [6.45, 7) is 3.58. The van der Waals surface area contributed by atoms with Crippen molar-refractivity contribution >= 4 is 11.2 Å². The number of aromatic amines is 2. The average Bonchev–Trinajstić information content (AvgIpc) is 2.83. The van der Waals surface area contributed by atoms with Crippen LogP contribution in [0.4, 0.5) is 0 Å². The molecule has 102 valence electrons. The molecule has 0 fully saturated rings. The molecule has 1 aromatic carbocycles. The van der Waals surface area contributed by atoms with Crippen LogP contribution in [-0.4, -0.2) is 19.5 Å². The van der Waals surface area contributed by atoms with E-state index in [0.29, 0.717) is 11.3 Å². The second kappa shape index (κ2) is 4.48. The zero-order chi connectivity index (χ0) is 14.3. The van der Waals surface area contributed by atoms with Crippen LogP contribution in [0.5, 0.6) is 0 Å². The second-order valence-corrected chi connectivity index (χ2v) is 4.87. The Hall–Kier alpha value is -2.63. The van der Waals surface area contributed by atoms with Crippen LogP contribution in [0.15, 0.2) is 39.9 Å². The van der Waals surface area contributed by atoms with Crippen molar-refractivity contribution in [3.05, 3.63) is 51.2 Å². The van der Waals surface area contributed by atoms with Gasteiger partial charge in [-0.1, -0.05) is 30.3 Å². The Bertz CT molecular complexity index is 872. The molecule has 0 atom stereocenters. The zero-order valence-corrected chi connectivity index (χ0v) is 11.2. The molecule has 0 amide bonds. The summed E-state index contributed by atoms with van der Waals surface area (Å²) in [5.41, 5.74) is 0.671. The Morgan fingerprint density at radius 2 is 1.80 bits per heavy atom. The number of H-pyrrole nitrogens is 2. The molecular weight excluding hydrogens is 256 g/mol. The molecule has 3 rings (SSSR count). The van der Waals surface area contributed by atoms with Gasteiger partial charge in [0.2, 0.25) is 0 Å². The maximum absolute atomic E-state index is 12.3. The summed E-state index contributed by atoms with van der Waals surface area (Å²) in [6, 6.07) is 9.24. The summed E-state index contributed by atoms with van der Waals surface area (Å²) < 4.78 is 1.18. The highest BCUT2D eigenvalue weighted by atomic mass is 16.2. The highest BCUT2D eigenvalue weighted by Gasteiger charge is 2.14. The Balaban J connectivity index is 2.30. The first-order chi connectivity index (χ1) is 9.58. The van der Waals surface area contributed by atoms with Crippen molar-refractivity contribution < 1.29 is 0 Å². The van der Waals surface area contributed by atoms with Gasteiger partial charge in [0.25, 0.3) is 5.56 Å². The summed E-state index contributed by atoms with van der Waals surface area (Å²) in [7, 11) is 0. The quantitative estimate of drug-likeness (QED) is 0.742. The number of hydrogen-bond acceptors (Lipinski definition) is 3. The van der Waals surface area contributed by atoms with Crippen molar-refractivity contribution in [1.82, 2.24) is 19.5 Å². The van der Waals surface area contributed by atoms with E-state index in [-0.39, 0.29) is 17.2 Å². The fourth-order valence-electron chi connectivity index (χ4n) is 2.19. The number of nitrogens with one attached hydrogen (secondary N) is 2. The van der Waals surface area contributed by atoms with Gasteiger partial charge in [0.1, 0.15) is 11.3 Å². The molecule has 0 aliphatic carbocycles. The largest absolute Gasteiger partial charge is 0.332 e. The first kappa shape index (κ1) is 12.4. The minimum absolute atomic E-state index is 0.209. The first-order valence-corrected chi connectivity index (χ1v) is 6.38. The van der Waals surface area contributed by atoms with E-state index in [0.717, 1.165) is 5.56 Å². The van der Waals surface area contributed by atoms with Crippen LogP contribution in [0.3, 0.4) is 0 Å². The highest BCUT2D eigenvalue weighted by molar-refractivity contribution is 5.74. The third kappa shape index (κ3) is 1.85. The van der Waals surface area contributed by atoms with Crippen molar-refractivity contribution in [3.8, 4) is 11.4 Å². The SMILES string of the molecule is CC(C)n1c(=O)[nH]c2nc(-c3ccccc3)[nH]c2c1=O. The van der Waals surface area contributed by atoms with Gasteiger partial charge in [-0.3, -0.25) is 14.3 Å². The highest BCUT2D eigenvalue weighted by Crippen LogP contribution is 2.16. The summed E-state index contributed by atoms with van der Waals surface area (Å²) in [5.74, 6) is 0.565. The first-order valence-electron chi connectivity index (χ1n) is 6.38. The molecule has 0 bridgehead atoms. The second-order valence-electron chi connectivity index (χ2n) is 4.87. The molecule has 0 radical (unpaired) electrons. The fraction of sp³-hybridized carbons (Fsp3) is 0.214. The van der Waals surface area contributed by atoms with Gasteiger partial charge in [0, 0.05) is 11.6 Å². The lowest BCUT2D eigenvalue weighted by Gasteiger charge is -2.06. The number of rotatable bonds is 2. The van der Waals surface area contributed by atoms with Crippen LogP contribution in [0, 0.1) is 0 Å². The summed E-state index contributed by atoms with van der Waals surface area (Å²) in [5, 5.41) is 0. The number of nitrogens with zero attached hydrogens (tertiary/aromatic N) is 2. The molecule has 2 heterocycles. The van der Waals surface area contributed by atoms with E-state index in [1.54, 1.807) is 13.8 Å². The van der Waals surface area contributed by atoms with Gasteiger partial charge in [0.05, 0.1) is 0 Å². The number of benzene rings is 1. The smallest absolute Gasteiger partial charge is 0.330 e. The van der Waals surface area contributed by atoms with Gasteiger partial charge in [-0.2, -0.15) is 0 Å². The molecular formula is C14H14N4O2. The van der Waals surface area contributed by atoms with Crippen LogP contribution in [0.2, 0.25) is 0 Å². The van der Waals surface area contributed by atoms with E-state index in [1.165, 1.54) is 4.57 Å². The van der Waals surface area contributed by atoms with Crippen LogP contribution in [-0.2, 0) is 0 Å². The third-order valence-corrected chi connectivity index (χ3v) is 3.14. The normalized spacial score (nSPS) is 11.3. The van der Waals surface area contributed by atoms with Crippen molar-refractivity contribution in [3.63, 3.8) is 0 Å². The van der Waals surface area contributed by atoms with E-state index in [4.69, 9.17) is 0 Å². The van der Waals surface area contributed by atoms with Gasteiger partial charge < -0.3 is 4.98 Å². The molecule has 3 aromatic rings. The lowest BCUT2D eigenvalue weighted by molar-refractivity contribution is 0.551. The fourth-order valence-corrected chi connectivity index (χ4v) is 2.19. The molecule has 0 unspecified atom stereocenters. The molecule has 0 aliphatic rings. The predicted molar refractivity (Wildman–Crippen MR) is 76.8 cm³/mol. The minimum atomic E-state index is -0.441. The summed E-state index contributed by atoms with van der Waals surface area (Å²) in [4.78, 5) is 34.1. The number of aromatic nitrogens is 4. The van der Waals surface area contributed by atoms with Gasteiger partial charge in [-0.05, 0) is 13.8 Å². The van der Waals surface area contributed by atoms with Crippen molar-refractivity contribution in [2.45, 2.75) is 19.9 Å². The van der Waals surface area contributed by atoms with E-state index < -0.39 is 5.69 Å². The topological polar surface area (TPSA) is 83.5 Å². The molecule has 2 N–H and O–H groups in total. The number of fused-ring (bicyclic) bond motifs is 1. The standard InChI is InChI=1S/C14H14N4O2/c1-8(2)18-13(19)10-12(17-14(18)20)16-11(15-10)9-6-4-3-5-7-9/h3-8H,1-2H3,(H,15,16)(H,17,20). The zero-order valence-electron chi connectivity index (χ0n) is 11.2. The van der Waals surface area contributed by atoms with E-state index >= 15 is 0 Å². The monoisotopic (exact) mass is 270 g/mol. The minimum Gasteiger partial charge on any atom is -0.332 e. The Morgan fingerprint density at radius 1 is 1.10 bits per heavy atom.